The SMILES string of the molecule is COC(=O)COc1ccc(OCCNCC(O)COc2nn(C)c(=O)n3c2cc2ccccc23)cc1. The van der Waals surface area contributed by atoms with Crippen molar-refractivity contribution in [1.82, 2.24) is 19.5 Å². The summed E-state index contributed by atoms with van der Waals surface area (Å²) in [5, 5.41) is 18.6. The molecular formula is C25H28N4O7. The van der Waals surface area contributed by atoms with Gasteiger partial charge in [0.1, 0.15) is 36.3 Å². The molecule has 2 aromatic heterocycles. The topological polar surface area (TPSA) is 126 Å². The predicted octanol–water partition coefficient (Wildman–Crippen LogP) is 1.15. The molecule has 4 aromatic rings. The van der Waals surface area contributed by atoms with Crippen molar-refractivity contribution in [2.24, 2.45) is 7.05 Å². The second-order valence-corrected chi connectivity index (χ2v) is 7.99. The van der Waals surface area contributed by atoms with Crippen molar-refractivity contribution >= 4 is 22.4 Å². The van der Waals surface area contributed by atoms with Crippen LogP contribution in [0.3, 0.4) is 0 Å². The number of hydrogen-bond donors (Lipinski definition) is 2. The number of carbonyl (C=O) groups excluding carboxylic acids is 1. The van der Waals surface area contributed by atoms with Crippen LogP contribution in [0.1, 0.15) is 0 Å². The van der Waals surface area contributed by atoms with Crippen molar-refractivity contribution in [1.29, 1.82) is 0 Å². The second kappa shape index (κ2) is 11.6. The number of methoxy groups -OCH3 is 1. The highest BCUT2D eigenvalue weighted by molar-refractivity contribution is 5.88. The van der Waals surface area contributed by atoms with Crippen LogP contribution in [0, 0.1) is 0 Å². The Morgan fingerprint density at radius 3 is 2.53 bits per heavy atom. The van der Waals surface area contributed by atoms with Crippen LogP contribution in [0.2, 0.25) is 0 Å². The van der Waals surface area contributed by atoms with Gasteiger partial charge in [-0.15, -0.1) is 5.10 Å². The fourth-order valence-corrected chi connectivity index (χ4v) is 3.57. The van der Waals surface area contributed by atoms with E-state index in [1.54, 1.807) is 35.7 Å². The van der Waals surface area contributed by atoms with Gasteiger partial charge in [0.2, 0.25) is 0 Å². The van der Waals surface area contributed by atoms with Crippen LogP contribution in [0.15, 0.2) is 59.4 Å². The van der Waals surface area contributed by atoms with E-state index in [0.29, 0.717) is 30.2 Å². The van der Waals surface area contributed by atoms with Crippen LogP contribution in [0.25, 0.3) is 16.4 Å². The molecule has 11 nitrogen and oxygen atoms in total. The third kappa shape index (κ3) is 5.93. The van der Waals surface area contributed by atoms with Crippen LogP contribution in [0.4, 0.5) is 0 Å². The van der Waals surface area contributed by atoms with Crippen LogP contribution >= 0.6 is 0 Å². The maximum absolute atomic E-state index is 12.6. The Morgan fingerprint density at radius 1 is 1.06 bits per heavy atom. The predicted molar refractivity (Wildman–Crippen MR) is 132 cm³/mol. The van der Waals surface area contributed by atoms with Gasteiger partial charge < -0.3 is 29.4 Å². The molecule has 0 saturated carbocycles. The second-order valence-electron chi connectivity index (χ2n) is 7.99. The minimum atomic E-state index is -0.792. The summed E-state index contributed by atoms with van der Waals surface area (Å²) in [5.41, 5.74) is 1.05. The molecule has 0 aliphatic rings. The average Bonchev–Trinajstić information content (AvgIpc) is 3.29. The molecule has 36 heavy (non-hydrogen) atoms. The van der Waals surface area contributed by atoms with E-state index in [4.69, 9.17) is 14.2 Å². The first kappa shape index (κ1) is 25.0. The first-order valence-electron chi connectivity index (χ1n) is 11.4. The molecule has 0 radical (unpaired) electrons. The number of nitrogens with zero attached hydrogens (tertiary/aromatic N) is 3. The number of para-hydroxylation sites is 1. The third-order valence-corrected chi connectivity index (χ3v) is 5.39. The number of benzene rings is 2. The number of esters is 1. The number of fused-ring (bicyclic) bond motifs is 3. The number of ether oxygens (including phenoxy) is 4. The maximum Gasteiger partial charge on any atom is 0.349 e. The zero-order chi connectivity index (χ0) is 25.5. The summed E-state index contributed by atoms with van der Waals surface area (Å²) in [7, 11) is 2.86. The van der Waals surface area contributed by atoms with Gasteiger partial charge in [0.25, 0.3) is 5.88 Å². The summed E-state index contributed by atoms with van der Waals surface area (Å²) in [4.78, 5) is 23.7. The number of aromatic nitrogens is 3. The molecule has 2 heterocycles. The van der Waals surface area contributed by atoms with Gasteiger partial charge in [-0.05, 0) is 36.4 Å². The first-order chi connectivity index (χ1) is 17.5. The minimum Gasteiger partial charge on any atom is -0.492 e. The lowest BCUT2D eigenvalue weighted by atomic mass is 10.2. The number of aliphatic hydroxyl groups excluding tert-OH is 1. The molecule has 0 bridgehead atoms. The molecule has 0 aliphatic carbocycles. The molecule has 1 atom stereocenters. The van der Waals surface area contributed by atoms with Crippen molar-refractivity contribution < 1.29 is 28.8 Å². The van der Waals surface area contributed by atoms with E-state index in [2.05, 4.69) is 15.2 Å². The lowest BCUT2D eigenvalue weighted by molar-refractivity contribution is -0.142. The smallest absolute Gasteiger partial charge is 0.349 e. The van der Waals surface area contributed by atoms with E-state index in [-0.39, 0.29) is 31.3 Å². The number of nitrogens with one attached hydrogen (secondary N) is 1. The largest absolute Gasteiger partial charge is 0.492 e. The van der Waals surface area contributed by atoms with Gasteiger partial charge in [-0.1, -0.05) is 18.2 Å². The van der Waals surface area contributed by atoms with Gasteiger partial charge in [-0.25, -0.2) is 14.3 Å². The fraction of sp³-hybridized carbons (Fsp3) is 0.320. The third-order valence-electron chi connectivity index (χ3n) is 5.39. The highest BCUT2D eigenvalue weighted by Crippen LogP contribution is 2.24. The molecule has 0 amide bonds. The average molecular weight is 497 g/mol. The zero-order valence-electron chi connectivity index (χ0n) is 20.0. The Labute approximate surface area is 206 Å². The maximum atomic E-state index is 12.6. The molecule has 1 unspecified atom stereocenters. The van der Waals surface area contributed by atoms with Crippen LogP contribution in [-0.4, -0.2) is 71.4 Å². The fourth-order valence-electron chi connectivity index (χ4n) is 3.57. The lowest BCUT2D eigenvalue weighted by Crippen LogP contribution is -2.34. The van der Waals surface area contributed by atoms with Gasteiger partial charge in [-0.3, -0.25) is 4.40 Å². The van der Waals surface area contributed by atoms with Gasteiger partial charge >= 0.3 is 11.7 Å². The van der Waals surface area contributed by atoms with Gasteiger partial charge in [0.05, 0.1) is 12.6 Å². The van der Waals surface area contributed by atoms with Crippen LogP contribution in [0.5, 0.6) is 17.4 Å². The van der Waals surface area contributed by atoms with E-state index in [9.17, 15) is 14.7 Å². The molecule has 2 aromatic carbocycles. The molecule has 0 fully saturated rings. The summed E-state index contributed by atoms with van der Waals surface area (Å²) < 4.78 is 24.0. The van der Waals surface area contributed by atoms with Crippen LogP contribution in [-0.2, 0) is 16.6 Å². The van der Waals surface area contributed by atoms with E-state index in [1.165, 1.54) is 11.8 Å². The molecule has 4 rings (SSSR count). The summed E-state index contributed by atoms with van der Waals surface area (Å²) >= 11 is 0. The molecule has 0 spiro atoms. The molecular weight excluding hydrogens is 468 g/mol. The van der Waals surface area contributed by atoms with E-state index in [1.807, 2.05) is 30.3 Å². The van der Waals surface area contributed by atoms with Crippen molar-refractivity contribution in [3.05, 3.63) is 65.1 Å². The number of hydrogen-bond acceptors (Lipinski definition) is 9. The van der Waals surface area contributed by atoms with Crippen molar-refractivity contribution in [2.75, 3.05) is 40.0 Å². The van der Waals surface area contributed by atoms with Crippen LogP contribution < -0.4 is 25.2 Å². The van der Waals surface area contributed by atoms with Crippen molar-refractivity contribution in [3.63, 3.8) is 0 Å². The summed E-state index contributed by atoms with van der Waals surface area (Å²) in [6, 6.07) is 16.3. The Bertz CT molecular complexity index is 1380. The number of rotatable bonds is 12. The summed E-state index contributed by atoms with van der Waals surface area (Å²) in [5.74, 6) is 1.00. The molecule has 190 valence electrons. The van der Waals surface area contributed by atoms with Gasteiger partial charge in [0.15, 0.2) is 6.61 Å². The normalized spacial score (nSPS) is 12.0. The van der Waals surface area contributed by atoms with Crippen molar-refractivity contribution in [3.8, 4) is 17.4 Å². The van der Waals surface area contributed by atoms with E-state index < -0.39 is 12.1 Å². The quantitative estimate of drug-likeness (QED) is 0.219. The monoisotopic (exact) mass is 496 g/mol. The minimum absolute atomic E-state index is 0.00326. The molecule has 2 N–H and O–H groups in total. The number of carbonyl (C=O) groups is 1. The molecule has 0 saturated heterocycles. The number of aryl methyl sites for hydroxylation is 1. The summed E-state index contributed by atoms with van der Waals surface area (Å²) in [6.07, 6.45) is -0.792. The highest BCUT2D eigenvalue weighted by atomic mass is 16.6. The Hall–Kier alpha value is -4.09. The van der Waals surface area contributed by atoms with Gasteiger partial charge in [-0.2, -0.15) is 0 Å². The summed E-state index contributed by atoms with van der Waals surface area (Å²) in [6.45, 7) is 1.02. The molecule has 0 aliphatic heterocycles. The Morgan fingerprint density at radius 2 is 1.78 bits per heavy atom. The van der Waals surface area contributed by atoms with Crippen molar-refractivity contribution in [2.45, 2.75) is 6.10 Å². The van der Waals surface area contributed by atoms with E-state index in [0.717, 1.165) is 10.9 Å². The lowest BCUT2D eigenvalue weighted by Gasteiger charge is -2.14. The standard InChI is InChI=1S/C25H28N4O7/c1-28-25(32)29-21-6-4-3-5-17(21)13-22(29)24(27-28)36-15-18(30)14-26-11-12-34-19-7-9-20(10-8-19)35-16-23(31)33-2/h3-10,13,18,26,30H,11-12,14-16H2,1-2H3. The molecule has 11 heteroatoms. The van der Waals surface area contributed by atoms with E-state index >= 15 is 0 Å². The number of aliphatic hydroxyl groups is 1. The van der Waals surface area contributed by atoms with Gasteiger partial charge in [0, 0.05) is 25.5 Å². The Kier molecular flexibility index (Phi) is 8.03. The highest BCUT2D eigenvalue weighted by Gasteiger charge is 2.15. The zero-order valence-corrected chi connectivity index (χ0v) is 20.0. The Balaban J connectivity index is 1.22. The first-order valence-corrected chi connectivity index (χ1v) is 11.4.